The highest BCUT2D eigenvalue weighted by Crippen LogP contribution is 2.29. The van der Waals surface area contributed by atoms with E-state index in [1.54, 1.807) is 18.2 Å². The summed E-state index contributed by atoms with van der Waals surface area (Å²) < 4.78 is 5.37. The van der Waals surface area contributed by atoms with Crippen LogP contribution in [0.3, 0.4) is 0 Å². The molecule has 0 spiro atoms. The molecule has 0 aromatic heterocycles. The number of amides is 1. The summed E-state index contributed by atoms with van der Waals surface area (Å²) in [4.78, 5) is 15.4. The van der Waals surface area contributed by atoms with Gasteiger partial charge >= 0.3 is 0 Å². The van der Waals surface area contributed by atoms with E-state index in [4.69, 9.17) is 27.9 Å². The lowest BCUT2D eigenvalue weighted by atomic mass is 10.1. The van der Waals surface area contributed by atoms with Gasteiger partial charge in [-0.2, -0.15) is 0 Å². The number of ether oxygens (including phenoxy) is 1. The molecule has 1 aliphatic rings. The SMILES string of the molecule is O=C(CSc1cc(Cl)ccc1Cl)Nc1ccc(CCN2CCOCC2)cc1. The number of hydrogen-bond acceptors (Lipinski definition) is 4. The standard InChI is InChI=1S/C20H22Cl2N2O2S/c21-16-3-6-18(22)19(13-16)27-14-20(25)23-17-4-1-15(2-5-17)7-8-24-9-11-26-12-10-24/h1-6,13H,7-12,14H2,(H,23,25). The third-order valence-corrected chi connectivity index (χ3v) is 6.04. The van der Waals surface area contributed by atoms with Crippen molar-refractivity contribution in [2.24, 2.45) is 0 Å². The second-order valence-corrected chi connectivity index (χ2v) is 8.17. The molecule has 1 N–H and O–H groups in total. The summed E-state index contributed by atoms with van der Waals surface area (Å²) in [6, 6.07) is 13.3. The van der Waals surface area contributed by atoms with Gasteiger partial charge in [-0.3, -0.25) is 9.69 Å². The zero-order chi connectivity index (χ0) is 19.1. The molecule has 0 radical (unpaired) electrons. The van der Waals surface area contributed by atoms with Crippen molar-refractivity contribution in [3.8, 4) is 0 Å². The van der Waals surface area contributed by atoms with Crippen LogP contribution in [-0.4, -0.2) is 49.4 Å². The average Bonchev–Trinajstić information content (AvgIpc) is 2.69. The molecular formula is C20H22Cl2N2O2S. The molecule has 27 heavy (non-hydrogen) atoms. The molecule has 1 amide bonds. The van der Waals surface area contributed by atoms with Crippen molar-refractivity contribution in [3.05, 3.63) is 58.1 Å². The Morgan fingerprint density at radius 2 is 1.85 bits per heavy atom. The van der Waals surface area contributed by atoms with Crippen molar-refractivity contribution >= 4 is 46.6 Å². The Labute approximate surface area is 174 Å². The summed E-state index contributed by atoms with van der Waals surface area (Å²) in [5.41, 5.74) is 2.06. The minimum atomic E-state index is -0.0721. The summed E-state index contributed by atoms with van der Waals surface area (Å²) in [7, 11) is 0. The van der Waals surface area contributed by atoms with Crippen LogP contribution in [0.15, 0.2) is 47.4 Å². The van der Waals surface area contributed by atoms with E-state index < -0.39 is 0 Å². The van der Waals surface area contributed by atoms with Crippen molar-refractivity contribution in [2.45, 2.75) is 11.3 Å². The van der Waals surface area contributed by atoms with Crippen molar-refractivity contribution in [2.75, 3.05) is 43.9 Å². The number of anilines is 1. The zero-order valence-corrected chi connectivity index (χ0v) is 17.2. The molecule has 0 atom stereocenters. The van der Waals surface area contributed by atoms with E-state index in [1.807, 2.05) is 12.1 Å². The summed E-state index contributed by atoms with van der Waals surface area (Å²) in [5, 5.41) is 4.12. The van der Waals surface area contributed by atoms with Crippen LogP contribution < -0.4 is 5.32 Å². The summed E-state index contributed by atoms with van der Waals surface area (Å²) in [6.07, 6.45) is 0.997. The van der Waals surface area contributed by atoms with Crippen LogP contribution in [0.2, 0.25) is 10.0 Å². The van der Waals surface area contributed by atoms with Crippen molar-refractivity contribution in [1.82, 2.24) is 4.90 Å². The predicted molar refractivity (Wildman–Crippen MR) is 113 cm³/mol. The van der Waals surface area contributed by atoms with Gasteiger partial charge in [0.05, 0.1) is 24.0 Å². The first-order valence-electron chi connectivity index (χ1n) is 8.87. The highest BCUT2D eigenvalue weighted by Gasteiger charge is 2.10. The Balaban J connectivity index is 1.44. The smallest absolute Gasteiger partial charge is 0.234 e. The van der Waals surface area contributed by atoms with Crippen LogP contribution in [0.1, 0.15) is 5.56 Å². The fourth-order valence-electron chi connectivity index (χ4n) is 2.79. The third-order valence-electron chi connectivity index (χ3n) is 4.31. The molecule has 0 saturated carbocycles. The largest absolute Gasteiger partial charge is 0.379 e. The van der Waals surface area contributed by atoms with Gasteiger partial charge in [-0.25, -0.2) is 0 Å². The lowest BCUT2D eigenvalue weighted by Crippen LogP contribution is -2.37. The quantitative estimate of drug-likeness (QED) is 0.659. The maximum atomic E-state index is 12.2. The van der Waals surface area contributed by atoms with Gasteiger partial charge in [-0.15, -0.1) is 11.8 Å². The second-order valence-electron chi connectivity index (χ2n) is 6.31. The van der Waals surface area contributed by atoms with Crippen LogP contribution in [0.5, 0.6) is 0 Å². The maximum Gasteiger partial charge on any atom is 0.234 e. The molecule has 3 rings (SSSR count). The number of thioether (sulfide) groups is 1. The fraction of sp³-hybridized carbons (Fsp3) is 0.350. The van der Waals surface area contributed by atoms with E-state index in [1.165, 1.54) is 17.3 Å². The molecule has 1 fully saturated rings. The van der Waals surface area contributed by atoms with Crippen LogP contribution in [0.25, 0.3) is 0 Å². The summed E-state index contributed by atoms with van der Waals surface area (Å²) in [6.45, 7) is 4.68. The van der Waals surface area contributed by atoms with Crippen LogP contribution in [0.4, 0.5) is 5.69 Å². The number of rotatable bonds is 7. The molecule has 144 valence electrons. The van der Waals surface area contributed by atoms with Crippen LogP contribution in [0, 0.1) is 0 Å². The Morgan fingerprint density at radius 1 is 1.11 bits per heavy atom. The van der Waals surface area contributed by atoms with E-state index in [-0.39, 0.29) is 11.7 Å². The lowest BCUT2D eigenvalue weighted by Gasteiger charge is -2.26. The first kappa shape index (κ1) is 20.5. The van der Waals surface area contributed by atoms with Gasteiger partial charge in [-0.05, 0) is 42.3 Å². The average molecular weight is 425 g/mol. The Morgan fingerprint density at radius 3 is 2.59 bits per heavy atom. The predicted octanol–water partition coefficient (Wildman–Crippen LogP) is 4.60. The van der Waals surface area contributed by atoms with Gasteiger partial charge in [0.25, 0.3) is 0 Å². The normalized spacial score (nSPS) is 14.9. The minimum absolute atomic E-state index is 0.0721. The molecule has 1 saturated heterocycles. The van der Waals surface area contributed by atoms with Crippen molar-refractivity contribution in [1.29, 1.82) is 0 Å². The molecule has 0 unspecified atom stereocenters. The first-order chi connectivity index (χ1) is 13.1. The number of hydrogen-bond donors (Lipinski definition) is 1. The maximum absolute atomic E-state index is 12.2. The van der Waals surface area contributed by atoms with E-state index in [2.05, 4.69) is 22.3 Å². The highest BCUT2D eigenvalue weighted by atomic mass is 35.5. The first-order valence-corrected chi connectivity index (χ1v) is 10.6. The van der Waals surface area contributed by atoms with Crippen LogP contribution >= 0.6 is 35.0 Å². The van der Waals surface area contributed by atoms with E-state index in [0.29, 0.717) is 10.0 Å². The van der Waals surface area contributed by atoms with Crippen molar-refractivity contribution in [3.63, 3.8) is 0 Å². The lowest BCUT2D eigenvalue weighted by molar-refractivity contribution is -0.113. The summed E-state index contributed by atoms with van der Waals surface area (Å²) in [5.74, 6) is 0.205. The van der Waals surface area contributed by atoms with Gasteiger partial charge in [0.2, 0.25) is 5.91 Å². The Hall–Kier alpha value is -1.24. The fourth-order valence-corrected chi connectivity index (χ4v) is 4.09. The highest BCUT2D eigenvalue weighted by molar-refractivity contribution is 8.00. The van der Waals surface area contributed by atoms with Gasteiger partial charge < -0.3 is 10.1 Å². The number of benzene rings is 2. The molecule has 1 aliphatic heterocycles. The number of carbonyl (C=O) groups excluding carboxylic acids is 1. The molecule has 0 aliphatic carbocycles. The Bertz CT molecular complexity index is 765. The number of carbonyl (C=O) groups is 1. The van der Waals surface area contributed by atoms with Gasteiger partial charge in [0.1, 0.15) is 0 Å². The van der Waals surface area contributed by atoms with E-state index >= 15 is 0 Å². The van der Waals surface area contributed by atoms with Crippen molar-refractivity contribution < 1.29 is 9.53 Å². The topological polar surface area (TPSA) is 41.6 Å². The third kappa shape index (κ3) is 6.70. The molecule has 4 nitrogen and oxygen atoms in total. The monoisotopic (exact) mass is 424 g/mol. The minimum Gasteiger partial charge on any atom is -0.379 e. The Kier molecular flexibility index (Phi) is 7.85. The van der Waals surface area contributed by atoms with E-state index in [0.717, 1.165) is 49.9 Å². The zero-order valence-electron chi connectivity index (χ0n) is 14.9. The number of halogens is 2. The second kappa shape index (κ2) is 10.3. The number of morpholine rings is 1. The molecule has 2 aromatic carbocycles. The number of nitrogens with zero attached hydrogens (tertiary/aromatic N) is 1. The van der Waals surface area contributed by atoms with Gasteiger partial charge in [-0.1, -0.05) is 35.3 Å². The molecule has 0 bridgehead atoms. The van der Waals surface area contributed by atoms with Crippen LogP contribution in [-0.2, 0) is 16.0 Å². The molecular weight excluding hydrogens is 403 g/mol. The molecule has 7 heteroatoms. The number of nitrogens with one attached hydrogen (secondary N) is 1. The molecule has 2 aromatic rings. The van der Waals surface area contributed by atoms with E-state index in [9.17, 15) is 4.79 Å². The van der Waals surface area contributed by atoms with Gasteiger partial charge in [0, 0.05) is 35.2 Å². The molecule has 1 heterocycles. The van der Waals surface area contributed by atoms with Gasteiger partial charge in [0.15, 0.2) is 0 Å². The summed E-state index contributed by atoms with van der Waals surface area (Å²) >= 11 is 13.5.